The zero-order valence-electron chi connectivity index (χ0n) is 11.3. The van der Waals surface area contributed by atoms with Gasteiger partial charge in [0, 0.05) is 19.2 Å². The van der Waals surface area contributed by atoms with Crippen molar-refractivity contribution in [3.05, 3.63) is 0 Å². The SMILES string of the molecule is CCOC(=O)C1CCCC(NCC2CCCO2)C1. The summed E-state index contributed by atoms with van der Waals surface area (Å²) in [5.74, 6) is 0.0850. The van der Waals surface area contributed by atoms with E-state index in [9.17, 15) is 4.79 Å². The first kappa shape index (κ1) is 13.8. The Kier molecular flexibility index (Phi) is 5.45. The third-order valence-corrected chi connectivity index (χ3v) is 3.95. The molecule has 2 rings (SSSR count). The molecule has 0 amide bonds. The molecule has 1 saturated heterocycles. The van der Waals surface area contributed by atoms with Gasteiger partial charge in [-0.2, -0.15) is 0 Å². The van der Waals surface area contributed by atoms with Crippen LogP contribution in [-0.2, 0) is 14.3 Å². The summed E-state index contributed by atoms with van der Waals surface area (Å²) >= 11 is 0. The monoisotopic (exact) mass is 255 g/mol. The Labute approximate surface area is 109 Å². The van der Waals surface area contributed by atoms with E-state index in [2.05, 4.69) is 5.32 Å². The molecule has 0 aromatic heterocycles. The van der Waals surface area contributed by atoms with Crippen molar-refractivity contribution in [3.63, 3.8) is 0 Å². The number of ether oxygens (including phenoxy) is 2. The maximum Gasteiger partial charge on any atom is 0.308 e. The van der Waals surface area contributed by atoms with Crippen LogP contribution in [0.4, 0.5) is 0 Å². The fourth-order valence-corrected chi connectivity index (χ4v) is 2.95. The molecular formula is C14H25NO3. The van der Waals surface area contributed by atoms with E-state index >= 15 is 0 Å². The van der Waals surface area contributed by atoms with Crippen LogP contribution in [0.2, 0.25) is 0 Å². The van der Waals surface area contributed by atoms with Crippen LogP contribution in [0.3, 0.4) is 0 Å². The topological polar surface area (TPSA) is 47.6 Å². The molecule has 4 nitrogen and oxygen atoms in total. The van der Waals surface area contributed by atoms with Gasteiger partial charge in [-0.15, -0.1) is 0 Å². The second-order valence-corrected chi connectivity index (χ2v) is 5.36. The lowest BCUT2D eigenvalue weighted by Gasteiger charge is -2.29. The second kappa shape index (κ2) is 7.10. The Hall–Kier alpha value is -0.610. The molecule has 0 aromatic carbocycles. The van der Waals surface area contributed by atoms with Crippen LogP contribution in [-0.4, -0.2) is 37.9 Å². The summed E-state index contributed by atoms with van der Waals surface area (Å²) in [4.78, 5) is 11.7. The Balaban J connectivity index is 1.70. The maximum atomic E-state index is 11.7. The van der Waals surface area contributed by atoms with Crippen LogP contribution in [0.15, 0.2) is 0 Å². The summed E-state index contributed by atoms with van der Waals surface area (Å²) in [5, 5.41) is 3.56. The molecule has 0 bridgehead atoms. The van der Waals surface area contributed by atoms with E-state index in [0.717, 1.165) is 32.4 Å². The third kappa shape index (κ3) is 3.95. The second-order valence-electron chi connectivity index (χ2n) is 5.36. The molecule has 0 aromatic rings. The number of nitrogens with one attached hydrogen (secondary N) is 1. The van der Waals surface area contributed by atoms with Gasteiger partial charge in [0.1, 0.15) is 0 Å². The van der Waals surface area contributed by atoms with Crippen LogP contribution in [0.1, 0.15) is 45.4 Å². The van der Waals surface area contributed by atoms with Crippen molar-refractivity contribution in [1.29, 1.82) is 0 Å². The van der Waals surface area contributed by atoms with Crippen LogP contribution >= 0.6 is 0 Å². The molecule has 1 heterocycles. The first-order chi connectivity index (χ1) is 8.79. The van der Waals surface area contributed by atoms with E-state index in [0.29, 0.717) is 18.8 Å². The maximum absolute atomic E-state index is 11.7. The summed E-state index contributed by atoms with van der Waals surface area (Å²) < 4.78 is 10.7. The molecule has 1 aliphatic carbocycles. The number of carbonyl (C=O) groups excluding carboxylic acids is 1. The van der Waals surface area contributed by atoms with Crippen molar-refractivity contribution in [2.24, 2.45) is 5.92 Å². The lowest BCUT2D eigenvalue weighted by atomic mass is 9.85. The normalized spacial score (nSPS) is 32.4. The molecule has 3 atom stereocenters. The van der Waals surface area contributed by atoms with E-state index in [4.69, 9.17) is 9.47 Å². The van der Waals surface area contributed by atoms with Gasteiger partial charge in [0.25, 0.3) is 0 Å². The lowest BCUT2D eigenvalue weighted by Crippen LogP contribution is -2.40. The highest BCUT2D eigenvalue weighted by Gasteiger charge is 2.28. The summed E-state index contributed by atoms with van der Waals surface area (Å²) in [6, 6.07) is 0.456. The Morgan fingerprint density at radius 2 is 2.22 bits per heavy atom. The van der Waals surface area contributed by atoms with Gasteiger partial charge in [-0.3, -0.25) is 4.79 Å². The molecule has 0 spiro atoms. The summed E-state index contributed by atoms with van der Waals surface area (Å²) in [5.41, 5.74) is 0. The van der Waals surface area contributed by atoms with Gasteiger partial charge in [0.05, 0.1) is 18.6 Å². The highest BCUT2D eigenvalue weighted by Crippen LogP contribution is 2.25. The Morgan fingerprint density at radius 1 is 1.33 bits per heavy atom. The molecule has 0 radical (unpaired) electrons. The largest absolute Gasteiger partial charge is 0.466 e. The number of rotatable bonds is 5. The van der Waals surface area contributed by atoms with E-state index in [1.165, 1.54) is 19.3 Å². The van der Waals surface area contributed by atoms with Gasteiger partial charge < -0.3 is 14.8 Å². The molecule has 18 heavy (non-hydrogen) atoms. The smallest absolute Gasteiger partial charge is 0.308 e. The van der Waals surface area contributed by atoms with Gasteiger partial charge in [-0.25, -0.2) is 0 Å². The summed E-state index contributed by atoms with van der Waals surface area (Å²) in [7, 11) is 0. The molecule has 1 N–H and O–H groups in total. The first-order valence-corrected chi connectivity index (χ1v) is 7.31. The van der Waals surface area contributed by atoms with Crippen LogP contribution < -0.4 is 5.32 Å². The average molecular weight is 255 g/mol. The molecule has 4 heteroatoms. The molecule has 1 aliphatic heterocycles. The molecule has 3 unspecified atom stereocenters. The van der Waals surface area contributed by atoms with Crippen LogP contribution in [0.5, 0.6) is 0 Å². The minimum absolute atomic E-state index is 0.0129. The number of esters is 1. The first-order valence-electron chi connectivity index (χ1n) is 7.31. The van der Waals surface area contributed by atoms with Crippen molar-refractivity contribution < 1.29 is 14.3 Å². The van der Waals surface area contributed by atoms with E-state index in [1.807, 2.05) is 6.92 Å². The number of hydrogen-bond acceptors (Lipinski definition) is 4. The molecule has 2 fully saturated rings. The molecule has 104 valence electrons. The van der Waals surface area contributed by atoms with Crippen molar-refractivity contribution >= 4 is 5.97 Å². The van der Waals surface area contributed by atoms with Gasteiger partial charge in [-0.1, -0.05) is 6.42 Å². The highest BCUT2D eigenvalue weighted by atomic mass is 16.5. The number of hydrogen-bond donors (Lipinski definition) is 1. The number of carbonyl (C=O) groups is 1. The highest BCUT2D eigenvalue weighted by molar-refractivity contribution is 5.72. The molecule has 2 aliphatic rings. The minimum atomic E-state index is -0.0129. The predicted molar refractivity (Wildman–Crippen MR) is 69.4 cm³/mol. The zero-order chi connectivity index (χ0) is 12.8. The van der Waals surface area contributed by atoms with Gasteiger partial charge in [-0.05, 0) is 39.0 Å². The van der Waals surface area contributed by atoms with E-state index < -0.39 is 0 Å². The van der Waals surface area contributed by atoms with Gasteiger partial charge in [0.2, 0.25) is 0 Å². The van der Waals surface area contributed by atoms with Crippen LogP contribution in [0.25, 0.3) is 0 Å². The van der Waals surface area contributed by atoms with Crippen LogP contribution in [0, 0.1) is 5.92 Å². The summed E-state index contributed by atoms with van der Waals surface area (Å²) in [6.07, 6.45) is 6.93. The minimum Gasteiger partial charge on any atom is -0.466 e. The third-order valence-electron chi connectivity index (χ3n) is 3.95. The fraction of sp³-hybridized carbons (Fsp3) is 0.929. The quantitative estimate of drug-likeness (QED) is 0.762. The zero-order valence-corrected chi connectivity index (χ0v) is 11.3. The summed E-state index contributed by atoms with van der Waals surface area (Å²) in [6.45, 7) is 4.19. The fourth-order valence-electron chi connectivity index (χ4n) is 2.95. The average Bonchev–Trinajstić information content (AvgIpc) is 2.90. The predicted octanol–water partition coefficient (Wildman–Crippen LogP) is 1.88. The van der Waals surface area contributed by atoms with Gasteiger partial charge in [0.15, 0.2) is 0 Å². The van der Waals surface area contributed by atoms with Crippen molar-refractivity contribution in [2.75, 3.05) is 19.8 Å². The lowest BCUT2D eigenvalue weighted by molar-refractivity contribution is -0.149. The Morgan fingerprint density at radius 3 is 2.94 bits per heavy atom. The van der Waals surface area contributed by atoms with E-state index in [1.54, 1.807) is 0 Å². The molecule has 1 saturated carbocycles. The van der Waals surface area contributed by atoms with E-state index in [-0.39, 0.29) is 11.9 Å². The van der Waals surface area contributed by atoms with Crippen molar-refractivity contribution in [2.45, 2.75) is 57.6 Å². The molecular weight excluding hydrogens is 230 g/mol. The van der Waals surface area contributed by atoms with Crippen molar-refractivity contribution in [1.82, 2.24) is 5.32 Å². The van der Waals surface area contributed by atoms with Crippen molar-refractivity contribution in [3.8, 4) is 0 Å². The standard InChI is InChI=1S/C14H25NO3/c1-2-17-14(16)11-5-3-6-12(9-11)15-10-13-7-4-8-18-13/h11-13,15H,2-10H2,1H3. The van der Waals surface area contributed by atoms with Gasteiger partial charge >= 0.3 is 5.97 Å². The Bertz CT molecular complexity index is 264.